The summed E-state index contributed by atoms with van der Waals surface area (Å²) in [6.07, 6.45) is 0.995. The van der Waals surface area contributed by atoms with Crippen LogP contribution in [-0.4, -0.2) is 42.0 Å². The van der Waals surface area contributed by atoms with Gasteiger partial charge in [-0.15, -0.1) is 0 Å². The number of hydrogen-bond donors (Lipinski definition) is 2. The number of nitrogens with zero attached hydrogens (tertiary/aromatic N) is 1. The van der Waals surface area contributed by atoms with Crippen molar-refractivity contribution < 1.29 is 5.02 Å². The van der Waals surface area contributed by atoms with E-state index in [2.05, 4.69) is 5.32 Å². The lowest BCUT2D eigenvalue weighted by atomic mass is 9.86. The number of thiocarbonyl (C=S) groups is 1. The van der Waals surface area contributed by atoms with Gasteiger partial charge in [0.25, 0.3) is 0 Å². The van der Waals surface area contributed by atoms with Crippen LogP contribution in [0.4, 0.5) is 0 Å². The molecule has 0 rings (SSSR count). The molecule has 0 unspecified atom stereocenters. The summed E-state index contributed by atoms with van der Waals surface area (Å²) >= 11 is 4.85. The summed E-state index contributed by atoms with van der Waals surface area (Å²) in [5.41, 5.74) is 0. The topological polar surface area (TPSA) is 35.5 Å². The SMILES string of the molecule is CB(O)N(C)CCCNC(C)=S. The first-order chi connectivity index (χ1) is 5.54. The lowest BCUT2D eigenvalue weighted by Gasteiger charge is -2.16. The standard InChI is InChI=1S/C7H17BN2OS/c1-7(12)9-5-4-6-10(3)8(2)11/h11H,4-6H2,1-3H3,(H,9,12). The van der Waals surface area contributed by atoms with Crippen LogP contribution in [0.25, 0.3) is 0 Å². The van der Waals surface area contributed by atoms with Gasteiger partial charge in [0, 0.05) is 6.54 Å². The van der Waals surface area contributed by atoms with E-state index in [0.29, 0.717) is 0 Å². The summed E-state index contributed by atoms with van der Waals surface area (Å²) in [5.74, 6) is 0. The first-order valence-electron chi connectivity index (χ1n) is 4.16. The van der Waals surface area contributed by atoms with Crippen LogP contribution in [0.15, 0.2) is 0 Å². The molecule has 0 heterocycles. The molecule has 12 heavy (non-hydrogen) atoms. The highest BCUT2D eigenvalue weighted by molar-refractivity contribution is 7.80. The zero-order chi connectivity index (χ0) is 9.56. The fraction of sp³-hybridized carbons (Fsp3) is 0.857. The molecule has 0 aliphatic carbocycles. The maximum atomic E-state index is 9.11. The molecule has 0 spiro atoms. The third kappa shape index (κ3) is 6.58. The van der Waals surface area contributed by atoms with Crippen LogP contribution in [0.5, 0.6) is 0 Å². The fourth-order valence-electron chi connectivity index (χ4n) is 0.780. The molecule has 0 aromatic heterocycles. The Hall–Kier alpha value is -0.125. The van der Waals surface area contributed by atoms with E-state index in [1.807, 2.05) is 18.8 Å². The quantitative estimate of drug-likeness (QED) is 0.371. The second-order valence-corrected chi connectivity index (χ2v) is 3.56. The fourth-order valence-corrected chi connectivity index (χ4v) is 0.882. The third-order valence-electron chi connectivity index (χ3n) is 1.70. The second-order valence-electron chi connectivity index (χ2n) is 2.95. The predicted octanol–water partition coefficient (Wildman–Crippen LogP) is 0.355. The van der Waals surface area contributed by atoms with Crippen LogP contribution in [0.1, 0.15) is 13.3 Å². The van der Waals surface area contributed by atoms with Crippen molar-refractivity contribution in [1.29, 1.82) is 0 Å². The minimum Gasteiger partial charge on any atom is -0.437 e. The highest BCUT2D eigenvalue weighted by Gasteiger charge is 2.08. The molecule has 5 heteroatoms. The zero-order valence-electron chi connectivity index (χ0n) is 8.00. The smallest absolute Gasteiger partial charge is 0.376 e. The molecule has 70 valence electrons. The number of hydrogen-bond acceptors (Lipinski definition) is 3. The third-order valence-corrected chi connectivity index (χ3v) is 1.84. The Balaban J connectivity index is 3.25. The maximum Gasteiger partial charge on any atom is 0.376 e. The normalized spacial score (nSPS) is 10.1. The molecular weight excluding hydrogens is 171 g/mol. The summed E-state index contributed by atoms with van der Waals surface area (Å²) < 4.78 is 0. The highest BCUT2D eigenvalue weighted by atomic mass is 32.1. The second kappa shape index (κ2) is 6.40. The van der Waals surface area contributed by atoms with Gasteiger partial charge in [-0.3, -0.25) is 0 Å². The van der Waals surface area contributed by atoms with Gasteiger partial charge in [-0.25, -0.2) is 0 Å². The lowest BCUT2D eigenvalue weighted by molar-refractivity contribution is 0.412. The van der Waals surface area contributed by atoms with Gasteiger partial charge in [0.15, 0.2) is 0 Å². The summed E-state index contributed by atoms with van der Waals surface area (Å²) in [4.78, 5) is 2.72. The summed E-state index contributed by atoms with van der Waals surface area (Å²) in [6, 6.07) is 0. The first-order valence-corrected chi connectivity index (χ1v) is 4.57. The van der Waals surface area contributed by atoms with E-state index in [4.69, 9.17) is 17.2 Å². The van der Waals surface area contributed by atoms with Gasteiger partial charge in [-0.2, -0.15) is 0 Å². The Labute approximate surface area is 80.3 Å². The average molecular weight is 188 g/mol. The Morgan fingerprint density at radius 2 is 2.25 bits per heavy atom. The molecule has 0 fully saturated rings. The van der Waals surface area contributed by atoms with Crippen molar-refractivity contribution >= 4 is 24.3 Å². The summed E-state index contributed by atoms with van der Waals surface area (Å²) in [7, 11) is 1.54. The summed E-state index contributed by atoms with van der Waals surface area (Å²) in [6.45, 7) is 5.39. The molecule has 3 nitrogen and oxygen atoms in total. The molecule has 2 N–H and O–H groups in total. The molecule has 0 aliphatic rings. The monoisotopic (exact) mass is 188 g/mol. The van der Waals surface area contributed by atoms with Crippen molar-refractivity contribution in [2.75, 3.05) is 20.1 Å². The molecular formula is C7H17BN2OS. The van der Waals surface area contributed by atoms with Gasteiger partial charge in [0.05, 0.1) is 4.99 Å². The van der Waals surface area contributed by atoms with E-state index in [1.54, 1.807) is 6.82 Å². The van der Waals surface area contributed by atoms with Crippen LogP contribution in [0.3, 0.4) is 0 Å². The van der Waals surface area contributed by atoms with Crippen molar-refractivity contribution in [1.82, 2.24) is 10.1 Å². The molecule has 0 saturated carbocycles. The Morgan fingerprint density at radius 1 is 1.67 bits per heavy atom. The molecule has 0 atom stereocenters. The average Bonchev–Trinajstić information content (AvgIpc) is 1.97. The highest BCUT2D eigenvalue weighted by Crippen LogP contribution is 1.88. The van der Waals surface area contributed by atoms with Gasteiger partial charge < -0.3 is 15.2 Å². The molecule has 0 aliphatic heterocycles. The molecule has 0 amide bonds. The lowest BCUT2D eigenvalue weighted by Crippen LogP contribution is -2.35. The molecule has 0 radical (unpaired) electrons. The van der Waals surface area contributed by atoms with Crippen LogP contribution in [-0.2, 0) is 0 Å². The minimum atomic E-state index is -0.362. The Morgan fingerprint density at radius 3 is 2.67 bits per heavy atom. The Bertz CT molecular complexity index is 143. The van der Waals surface area contributed by atoms with Crippen LogP contribution >= 0.6 is 12.2 Å². The zero-order valence-corrected chi connectivity index (χ0v) is 8.82. The van der Waals surface area contributed by atoms with Crippen LogP contribution in [0.2, 0.25) is 6.82 Å². The van der Waals surface area contributed by atoms with Gasteiger partial charge in [-0.05, 0) is 33.8 Å². The van der Waals surface area contributed by atoms with E-state index >= 15 is 0 Å². The van der Waals surface area contributed by atoms with E-state index in [0.717, 1.165) is 24.5 Å². The van der Waals surface area contributed by atoms with Crippen molar-refractivity contribution in [3.8, 4) is 0 Å². The van der Waals surface area contributed by atoms with Gasteiger partial charge in [0.2, 0.25) is 0 Å². The van der Waals surface area contributed by atoms with Gasteiger partial charge in [0.1, 0.15) is 0 Å². The number of nitrogens with one attached hydrogen (secondary N) is 1. The van der Waals surface area contributed by atoms with E-state index in [9.17, 15) is 0 Å². The molecule has 0 aromatic rings. The van der Waals surface area contributed by atoms with Crippen LogP contribution in [0, 0.1) is 0 Å². The van der Waals surface area contributed by atoms with E-state index < -0.39 is 0 Å². The first kappa shape index (κ1) is 11.9. The largest absolute Gasteiger partial charge is 0.437 e. The summed E-state index contributed by atoms with van der Waals surface area (Å²) in [5, 5.41) is 12.2. The van der Waals surface area contributed by atoms with Crippen molar-refractivity contribution in [3.63, 3.8) is 0 Å². The minimum absolute atomic E-state index is 0.362. The van der Waals surface area contributed by atoms with Gasteiger partial charge in [-0.1, -0.05) is 12.2 Å². The molecule has 0 saturated heterocycles. The van der Waals surface area contributed by atoms with Crippen molar-refractivity contribution in [2.45, 2.75) is 20.2 Å². The molecule has 0 aromatic carbocycles. The molecule has 0 bridgehead atoms. The van der Waals surface area contributed by atoms with Gasteiger partial charge >= 0.3 is 7.05 Å². The Kier molecular flexibility index (Phi) is 6.33. The van der Waals surface area contributed by atoms with Crippen molar-refractivity contribution in [3.05, 3.63) is 0 Å². The number of rotatable bonds is 5. The van der Waals surface area contributed by atoms with E-state index in [1.165, 1.54) is 0 Å². The van der Waals surface area contributed by atoms with Crippen molar-refractivity contribution in [2.24, 2.45) is 0 Å². The van der Waals surface area contributed by atoms with E-state index in [-0.39, 0.29) is 7.05 Å². The maximum absolute atomic E-state index is 9.11. The van der Waals surface area contributed by atoms with Crippen LogP contribution < -0.4 is 5.32 Å². The predicted molar refractivity (Wildman–Crippen MR) is 57.4 cm³/mol.